The van der Waals surface area contributed by atoms with Gasteiger partial charge in [-0.15, -0.1) is 12.4 Å². The normalized spacial score (nSPS) is 22.7. The number of primary amides is 3. The predicted molar refractivity (Wildman–Crippen MR) is 279 cm³/mol. The molecule has 410 valence electrons. The Morgan fingerprint density at radius 1 is 0.676 bits per heavy atom. The number of carbonyl (C=O) groups excluding carboxylic acids is 4. The molecule has 16 N–H and O–H groups in total. The number of hydrogen-bond donors (Lipinski definition) is 11. The Balaban J connectivity index is -0.000000435. The van der Waals surface area contributed by atoms with Crippen LogP contribution in [0.2, 0.25) is 15.7 Å². The molecular formula is C45H76Cl4K2N14O9. The number of amides is 3. The molecule has 0 spiro atoms. The van der Waals surface area contributed by atoms with Crippen LogP contribution in [0.3, 0.4) is 0 Å². The summed E-state index contributed by atoms with van der Waals surface area (Å²) in [6, 6.07) is 0.364. The van der Waals surface area contributed by atoms with Gasteiger partial charge in [-0.05, 0) is 140 Å². The second kappa shape index (κ2) is 38.3. The van der Waals surface area contributed by atoms with Gasteiger partial charge in [-0.2, -0.15) is 9.97 Å². The number of nitrogens with one attached hydrogen (secondary N) is 3. The molecule has 9 unspecified atom stereocenters. The molecule has 0 aliphatic heterocycles. The van der Waals surface area contributed by atoms with E-state index >= 15 is 0 Å². The summed E-state index contributed by atoms with van der Waals surface area (Å²) < 4.78 is 0. The first-order valence-electron chi connectivity index (χ1n) is 22.9. The molecule has 0 aromatic carbocycles. The molecule has 74 heavy (non-hydrogen) atoms. The van der Waals surface area contributed by atoms with Crippen LogP contribution in [-0.4, -0.2) is 117 Å². The minimum Gasteiger partial charge on any atom is -1.00 e. The van der Waals surface area contributed by atoms with Crippen molar-refractivity contribution in [3.8, 4) is 0 Å². The Hall–Kier alpha value is -1.29. The Morgan fingerprint density at radius 3 is 1.36 bits per heavy atom. The average Bonchev–Trinajstić information content (AvgIpc) is 3.24. The van der Waals surface area contributed by atoms with Crippen molar-refractivity contribution in [3.05, 3.63) is 51.0 Å². The van der Waals surface area contributed by atoms with E-state index in [0.717, 1.165) is 44.9 Å². The number of anilines is 3. The van der Waals surface area contributed by atoms with Gasteiger partial charge in [0.1, 0.15) is 16.8 Å². The fourth-order valence-electron chi connectivity index (χ4n) is 6.80. The molecule has 3 aliphatic carbocycles. The van der Waals surface area contributed by atoms with E-state index in [4.69, 9.17) is 73.5 Å². The van der Waals surface area contributed by atoms with Crippen molar-refractivity contribution in [1.82, 2.24) is 29.9 Å². The first-order valence-corrected chi connectivity index (χ1v) is 24.1. The number of halogens is 4. The predicted octanol–water partition coefficient (Wildman–Crippen LogP) is -1.96. The Bertz CT molecular complexity index is 2160. The number of aliphatic hydroxyl groups excluding tert-OH is 3. The molecule has 0 bridgehead atoms. The molecule has 6 rings (SSSR count). The summed E-state index contributed by atoms with van der Waals surface area (Å²) >= 11 is 16.6. The maximum Gasteiger partial charge on any atom is 1.00 e. The van der Waals surface area contributed by atoms with Gasteiger partial charge in [-0.1, -0.05) is 32.4 Å². The van der Waals surface area contributed by atoms with Gasteiger partial charge in [0.05, 0.1) is 35.0 Å². The van der Waals surface area contributed by atoms with Crippen molar-refractivity contribution in [2.75, 3.05) is 16.0 Å². The summed E-state index contributed by atoms with van der Waals surface area (Å²) in [5, 5.41) is 47.2. The maximum atomic E-state index is 11.6. The minimum atomic E-state index is -0.674. The topological polar surface area (TPSA) is 405 Å². The van der Waals surface area contributed by atoms with E-state index in [1.54, 1.807) is 0 Å². The molecule has 0 radical (unpaired) electrons. The second-order valence-electron chi connectivity index (χ2n) is 19.7. The minimum absolute atomic E-state index is 0. The summed E-state index contributed by atoms with van der Waals surface area (Å²) in [6.07, 6.45) is 11.0. The third-order valence-corrected chi connectivity index (χ3v) is 11.4. The van der Waals surface area contributed by atoms with Gasteiger partial charge in [-0.25, -0.2) is 19.9 Å². The number of hydrogen-bond acceptors (Lipinski definition) is 20. The summed E-state index contributed by atoms with van der Waals surface area (Å²) in [4.78, 5) is 68.0. The van der Waals surface area contributed by atoms with E-state index in [9.17, 15) is 29.7 Å². The molecule has 3 amide bonds. The first kappa shape index (κ1) is 76.9. The van der Waals surface area contributed by atoms with E-state index in [0.29, 0.717) is 48.2 Å². The summed E-state index contributed by atoms with van der Waals surface area (Å²) in [7, 11) is 0. The Morgan fingerprint density at radius 2 is 1.03 bits per heavy atom. The van der Waals surface area contributed by atoms with Gasteiger partial charge in [0.25, 0.3) is 24.2 Å². The van der Waals surface area contributed by atoms with E-state index < -0.39 is 17.7 Å². The van der Waals surface area contributed by atoms with E-state index in [-0.39, 0.29) is 203 Å². The van der Waals surface area contributed by atoms with Crippen molar-refractivity contribution in [2.45, 2.75) is 168 Å². The molecule has 3 aromatic heterocycles. The summed E-state index contributed by atoms with van der Waals surface area (Å²) in [6.45, 7) is 17.9. The molecule has 3 aliphatic rings. The third-order valence-electron chi connectivity index (χ3n) is 10.8. The van der Waals surface area contributed by atoms with Crippen LogP contribution in [-0.2, 0) is 9.68 Å². The van der Waals surface area contributed by atoms with Crippen molar-refractivity contribution in [3.63, 3.8) is 0 Å². The standard InChI is InChI=1S/C16H27N5O2.C12H17ClN4O2.C7H15NO.C5H3Cl2N3O.C4H11N.CH2O3.ClH.2K.H/c1-9-5-6-10(7-12(9)22)19-14-11(13(17)23)8-18-15(20-14)21-16(2,3)4;1-6-2-3-7(4-9(6)18)16-11-8(10(14)19)5-15-12(13)17-11;1-5-2-3-6(8)4-7(5)9;6-3-2(4(8)11)1-9-5(7)10-3;1-4(2,3)5;2-1-4-3;;;;/h8-10,12,22H,5-7H2,1-4H3,(H2,17,23)(H2,18,19,20,21);5-7,9,18H,2-4H2,1H3,(H2,14,19)(H,15,16,17);5-7,9H,2-4,8H2,1H3;1H,(H2,8,11);5H2,1-3H3;1,3H;1H;;;/q;;;;;;;2*+1;-1/p-1. The summed E-state index contributed by atoms with van der Waals surface area (Å²) in [5.41, 5.74) is 26.9. The zero-order valence-electron chi connectivity index (χ0n) is 45.3. The fourth-order valence-corrected chi connectivity index (χ4v) is 7.33. The third kappa shape index (κ3) is 32.6. The fraction of sp³-hybridized carbons (Fsp3) is 0.644. The number of aromatic nitrogens is 6. The van der Waals surface area contributed by atoms with Gasteiger partial charge in [0.2, 0.25) is 16.5 Å². The molecule has 29 heteroatoms. The van der Waals surface area contributed by atoms with E-state index in [2.05, 4.69) is 57.7 Å². The number of nitrogens with zero attached hydrogens (tertiary/aromatic N) is 6. The van der Waals surface area contributed by atoms with Gasteiger partial charge in [-0.3, -0.25) is 19.2 Å². The van der Waals surface area contributed by atoms with Crippen LogP contribution in [0.15, 0.2) is 18.6 Å². The smallest absolute Gasteiger partial charge is 1.00 e. The molecule has 23 nitrogen and oxygen atoms in total. The zero-order valence-corrected chi connectivity index (χ0v) is 53.6. The SMILES string of the molecule is CC(C)(C)N.CC1CCC(N)CC1O.CC1CCC(Nc2nc(Cl)ncc2C(N)=O)CC1O.CC1CCC(Nc2nc(NC(C)(C)C)ncc2C(N)=O)CC1O.Cl.NC(=O)c1cnc(Cl)nc1Cl.O=CO[O-].[H-].[K+].[K+]. The van der Waals surface area contributed by atoms with Crippen molar-refractivity contribution in [1.29, 1.82) is 0 Å². The monoisotopic (exact) mass is 1170 g/mol. The van der Waals surface area contributed by atoms with Crippen LogP contribution in [0.5, 0.6) is 0 Å². The number of rotatable bonds is 9. The quantitative estimate of drug-likeness (QED) is 0.0277. The van der Waals surface area contributed by atoms with E-state index in [1.165, 1.54) is 18.6 Å². The van der Waals surface area contributed by atoms with Gasteiger partial charge in [0, 0.05) is 47.8 Å². The number of carbonyl (C=O) groups is 4. The van der Waals surface area contributed by atoms with Crippen LogP contribution in [0.1, 0.15) is 153 Å². The maximum absolute atomic E-state index is 11.6. The van der Waals surface area contributed by atoms with Crippen LogP contribution in [0, 0.1) is 17.8 Å². The molecular weight excluding hydrogens is 1100 g/mol. The summed E-state index contributed by atoms with van der Waals surface area (Å²) in [5.74, 6) is 0.398. The molecule has 3 saturated carbocycles. The Kier molecular flexibility index (Phi) is 39.9. The molecule has 3 fully saturated rings. The van der Waals surface area contributed by atoms with Gasteiger partial charge >= 0.3 is 103 Å². The van der Waals surface area contributed by atoms with Crippen molar-refractivity contribution < 1.29 is 149 Å². The van der Waals surface area contributed by atoms with E-state index in [1.807, 2.05) is 55.4 Å². The van der Waals surface area contributed by atoms with Crippen molar-refractivity contribution >= 4 is 89.0 Å². The number of nitrogens with two attached hydrogens (primary N) is 5. The average molecular weight is 1180 g/mol. The van der Waals surface area contributed by atoms with Crippen LogP contribution < -0.4 is 153 Å². The van der Waals surface area contributed by atoms with Crippen LogP contribution >= 0.6 is 47.2 Å². The second-order valence-corrected chi connectivity index (χ2v) is 20.8. The molecule has 0 saturated heterocycles. The first-order chi connectivity index (χ1) is 32.8. The van der Waals surface area contributed by atoms with Crippen molar-refractivity contribution in [2.24, 2.45) is 46.4 Å². The molecule has 3 aromatic rings. The Labute approximate surface area is 542 Å². The van der Waals surface area contributed by atoms with Gasteiger partial charge in [0.15, 0.2) is 0 Å². The van der Waals surface area contributed by atoms with Crippen LogP contribution in [0.4, 0.5) is 17.6 Å². The number of aliphatic hydroxyl groups is 3. The largest absolute Gasteiger partial charge is 1.00 e. The zero-order chi connectivity index (χ0) is 54.4. The van der Waals surface area contributed by atoms with Gasteiger partial charge < -0.3 is 71.5 Å². The molecule has 9 atom stereocenters. The van der Waals surface area contributed by atoms with Crippen LogP contribution in [0.25, 0.3) is 0 Å². The molecule has 3 heterocycles.